The van der Waals surface area contributed by atoms with Gasteiger partial charge in [-0.25, -0.2) is 0 Å². The van der Waals surface area contributed by atoms with Gasteiger partial charge in [0.2, 0.25) is 0 Å². The number of para-hydroxylation sites is 1. The number of likely N-dealkylation sites (N-methyl/N-ethyl adjacent to an activating group) is 1. The van der Waals surface area contributed by atoms with Crippen LogP contribution in [0.1, 0.15) is 22.3 Å². The SMILES string of the molecule is Cc1ccccc1C[NH+](C)CC(=O)Nc1c(C)cccc1C. The molecule has 2 N–H and O–H groups in total. The fourth-order valence-electron chi connectivity index (χ4n) is 2.67. The molecule has 0 saturated heterocycles. The quantitative estimate of drug-likeness (QED) is 0.872. The summed E-state index contributed by atoms with van der Waals surface area (Å²) >= 11 is 0. The normalized spacial score (nSPS) is 12.0. The second kappa shape index (κ2) is 7.23. The van der Waals surface area contributed by atoms with Crippen molar-refractivity contribution in [3.05, 3.63) is 64.7 Å². The summed E-state index contributed by atoms with van der Waals surface area (Å²) in [5.74, 6) is 0.0588. The van der Waals surface area contributed by atoms with Crippen LogP contribution in [0.2, 0.25) is 0 Å². The summed E-state index contributed by atoms with van der Waals surface area (Å²) in [6, 6.07) is 14.4. The molecule has 0 bridgehead atoms. The first kappa shape index (κ1) is 16.2. The molecule has 22 heavy (non-hydrogen) atoms. The molecule has 0 aliphatic carbocycles. The van der Waals surface area contributed by atoms with Crippen molar-refractivity contribution >= 4 is 11.6 Å². The molecule has 116 valence electrons. The third kappa shape index (κ3) is 4.18. The lowest BCUT2D eigenvalue weighted by Crippen LogP contribution is -3.08. The first-order valence-electron chi connectivity index (χ1n) is 7.69. The molecular weight excluding hydrogens is 272 g/mol. The van der Waals surface area contributed by atoms with Crippen molar-refractivity contribution in [1.82, 2.24) is 0 Å². The Bertz CT molecular complexity index is 644. The number of nitrogens with one attached hydrogen (secondary N) is 2. The Labute approximate surface area is 133 Å². The average Bonchev–Trinajstić information content (AvgIpc) is 2.45. The highest BCUT2D eigenvalue weighted by molar-refractivity contribution is 5.93. The van der Waals surface area contributed by atoms with Crippen LogP contribution in [0, 0.1) is 20.8 Å². The number of quaternary nitrogens is 1. The van der Waals surface area contributed by atoms with Crippen LogP contribution < -0.4 is 10.2 Å². The largest absolute Gasteiger partial charge is 0.326 e. The van der Waals surface area contributed by atoms with Gasteiger partial charge in [0.25, 0.3) is 5.91 Å². The number of benzene rings is 2. The van der Waals surface area contributed by atoms with Crippen LogP contribution in [0.15, 0.2) is 42.5 Å². The zero-order valence-corrected chi connectivity index (χ0v) is 13.9. The lowest BCUT2D eigenvalue weighted by molar-refractivity contribution is -0.885. The molecule has 0 aromatic heterocycles. The van der Waals surface area contributed by atoms with E-state index >= 15 is 0 Å². The van der Waals surface area contributed by atoms with Crippen molar-refractivity contribution in [2.45, 2.75) is 27.3 Å². The minimum absolute atomic E-state index is 0.0588. The number of hydrogen-bond donors (Lipinski definition) is 2. The zero-order chi connectivity index (χ0) is 16.1. The van der Waals surface area contributed by atoms with Gasteiger partial charge in [-0.15, -0.1) is 0 Å². The summed E-state index contributed by atoms with van der Waals surface area (Å²) in [4.78, 5) is 13.4. The van der Waals surface area contributed by atoms with E-state index in [1.165, 1.54) is 16.0 Å². The monoisotopic (exact) mass is 297 g/mol. The number of rotatable bonds is 5. The summed E-state index contributed by atoms with van der Waals surface area (Å²) in [6.45, 7) is 7.47. The highest BCUT2D eigenvalue weighted by Gasteiger charge is 2.13. The van der Waals surface area contributed by atoms with Crippen molar-refractivity contribution in [2.75, 3.05) is 18.9 Å². The molecule has 2 rings (SSSR count). The Hall–Kier alpha value is -2.13. The Morgan fingerprint density at radius 3 is 2.18 bits per heavy atom. The van der Waals surface area contributed by atoms with Crippen molar-refractivity contribution in [3.63, 3.8) is 0 Å². The van der Waals surface area contributed by atoms with E-state index in [2.05, 4.69) is 31.4 Å². The molecule has 0 fully saturated rings. The molecule has 1 amide bonds. The third-order valence-electron chi connectivity index (χ3n) is 3.96. The first-order valence-corrected chi connectivity index (χ1v) is 7.69. The van der Waals surface area contributed by atoms with Gasteiger partial charge in [-0.2, -0.15) is 0 Å². The molecular formula is C19H25N2O+. The van der Waals surface area contributed by atoms with Gasteiger partial charge in [-0.3, -0.25) is 4.79 Å². The number of hydrogen-bond acceptors (Lipinski definition) is 1. The van der Waals surface area contributed by atoms with Gasteiger partial charge in [0.1, 0.15) is 6.54 Å². The smallest absolute Gasteiger partial charge is 0.279 e. The van der Waals surface area contributed by atoms with Crippen LogP contribution in [0.4, 0.5) is 5.69 Å². The summed E-state index contributed by atoms with van der Waals surface area (Å²) in [7, 11) is 2.05. The summed E-state index contributed by atoms with van der Waals surface area (Å²) in [6.07, 6.45) is 0. The van der Waals surface area contributed by atoms with Gasteiger partial charge >= 0.3 is 0 Å². The minimum Gasteiger partial charge on any atom is -0.326 e. The molecule has 1 unspecified atom stereocenters. The number of amides is 1. The topological polar surface area (TPSA) is 33.5 Å². The van der Waals surface area contributed by atoms with E-state index in [0.29, 0.717) is 6.54 Å². The zero-order valence-electron chi connectivity index (χ0n) is 13.9. The van der Waals surface area contributed by atoms with Crippen molar-refractivity contribution in [3.8, 4) is 0 Å². The summed E-state index contributed by atoms with van der Waals surface area (Å²) in [5, 5.41) is 3.05. The molecule has 0 radical (unpaired) electrons. The van der Waals surface area contributed by atoms with Crippen LogP contribution >= 0.6 is 0 Å². The summed E-state index contributed by atoms with van der Waals surface area (Å²) < 4.78 is 0. The van der Waals surface area contributed by atoms with Crippen molar-refractivity contribution < 1.29 is 9.69 Å². The third-order valence-corrected chi connectivity index (χ3v) is 3.96. The molecule has 0 heterocycles. The van der Waals surface area contributed by atoms with Gasteiger partial charge in [-0.05, 0) is 37.5 Å². The van der Waals surface area contributed by atoms with Crippen molar-refractivity contribution in [1.29, 1.82) is 0 Å². The van der Waals surface area contributed by atoms with Gasteiger partial charge in [0.15, 0.2) is 6.54 Å². The highest BCUT2D eigenvalue weighted by Crippen LogP contribution is 2.18. The van der Waals surface area contributed by atoms with E-state index in [1.807, 2.05) is 44.2 Å². The van der Waals surface area contributed by atoms with E-state index in [9.17, 15) is 4.79 Å². The van der Waals surface area contributed by atoms with Crippen LogP contribution in [-0.2, 0) is 11.3 Å². The molecule has 0 spiro atoms. The summed E-state index contributed by atoms with van der Waals surface area (Å²) in [5.41, 5.74) is 5.71. The number of aryl methyl sites for hydroxylation is 3. The van der Waals surface area contributed by atoms with Crippen LogP contribution in [0.25, 0.3) is 0 Å². The maximum Gasteiger partial charge on any atom is 0.279 e. The maximum atomic E-state index is 12.3. The lowest BCUT2D eigenvalue weighted by atomic mass is 10.1. The maximum absolute atomic E-state index is 12.3. The first-order chi connectivity index (χ1) is 10.5. The van der Waals surface area contributed by atoms with Gasteiger partial charge in [0, 0.05) is 11.3 Å². The molecule has 2 aromatic rings. The Morgan fingerprint density at radius 1 is 0.955 bits per heavy atom. The minimum atomic E-state index is 0.0588. The predicted molar refractivity (Wildman–Crippen MR) is 91.2 cm³/mol. The van der Waals surface area contributed by atoms with Gasteiger partial charge < -0.3 is 10.2 Å². The van der Waals surface area contributed by atoms with E-state index in [4.69, 9.17) is 0 Å². The molecule has 1 atom stereocenters. The Kier molecular flexibility index (Phi) is 5.34. The lowest BCUT2D eigenvalue weighted by Gasteiger charge is -2.16. The molecule has 0 aliphatic rings. The second-order valence-electron chi connectivity index (χ2n) is 6.05. The van der Waals surface area contributed by atoms with E-state index in [0.717, 1.165) is 23.4 Å². The molecule has 3 nitrogen and oxygen atoms in total. The van der Waals surface area contributed by atoms with Gasteiger partial charge in [-0.1, -0.05) is 42.5 Å². The average molecular weight is 297 g/mol. The van der Waals surface area contributed by atoms with Crippen molar-refractivity contribution in [2.24, 2.45) is 0 Å². The van der Waals surface area contributed by atoms with Gasteiger partial charge in [0.05, 0.1) is 7.05 Å². The Balaban J connectivity index is 1.96. The van der Waals surface area contributed by atoms with Crippen LogP contribution in [0.5, 0.6) is 0 Å². The van der Waals surface area contributed by atoms with E-state index < -0.39 is 0 Å². The number of anilines is 1. The fourth-order valence-corrected chi connectivity index (χ4v) is 2.67. The highest BCUT2D eigenvalue weighted by atomic mass is 16.2. The molecule has 2 aromatic carbocycles. The van der Waals surface area contributed by atoms with Crippen LogP contribution in [-0.4, -0.2) is 19.5 Å². The van der Waals surface area contributed by atoms with Crippen LogP contribution in [0.3, 0.4) is 0 Å². The predicted octanol–water partition coefficient (Wildman–Crippen LogP) is 2.27. The molecule has 0 saturated carbocycles. The van der Waals surface area contributed by atoms with E-state index in [-0.39, 0.29) is 5.91 Å². The second-order valence-corrected chi connectivity index (χ2v) is 6.05. The Morgan fingerprint density at radius 2 is 1.55 bits per heavy atom. The number of carbonyl (C=O) groups is 1. The standard InChI is InChI=1S/C19H24N2O/c1-14-8-5-6-11-17(14)12-21(4)13-18(22)20-19-15(2)9-7-10-16(19)3/h5-11H,12-13H2,1-4H3,(H,20,22)/p+1. The van der Waals surface area contributed by atoms with E-state index in [1.54, 1.807) is 0 Å². The molecule has 3 heteroatoms. The number of carbonyl (C=O) groups excluding carboxylic acids is 1. The molecule has 0 aliphatic heterocycles. The fraction of sp³-hybridized carbons (Fsp3) is 0.316.